The lowest BCUT2D eigenvalue weighted by atomic mass is 9.92. The predicted octanol–water partition coefficient (Wildman–Crippen LogP) is 5.09. The number of rotatable bonds is 9. The number of phenols is 1. The van der Waals surface area contributed by atoms with Crippen LogP contribution in [0, 0.1) is 5.82 Å². The molecule has 0 atom stereocenters. The number of carbonyl (C=O) groups excluding carboxylic acids is 1. The summed E-state index contributed by atoms with van der Waals surface area (Å²) in [6, 6.07) is 20.6. The molecular weight excluding hydrogens is 407 g/mol. The van der Waals surface area contributed by atoms with E-state index in [-0.39, 0.29) is 5.91 Å². The Bertz CT molecular complexity index is 1080. The Morgan fingerprint density at radius 1 is 1.00 bits per heavy atom. The Labute approximate surface area is 187 Å². The summed E-state index contributed by atoms with van der Waals surface area (Å²) in [6.45, 7) is 3.22. The van der Waals surface area contributed by atoms with Crippen LogP contribution in [0.5, 0.6) is 11.5 Å². The van der Waals surface area contributed by atoms with Crippen LogP contribution in [0.4, 0.5) is 10.1 Å². The fraction of sp³-hybridized carbons (Fsp3) is 0.192. The highest BCUT2D eigenvalue weighted by atomic mass is 19.1. The quantitative estimate of drug-likeness (QED) is 0.249. The van der Waals surface area contributed by atoms with Crippen molar-refractivity contribution in [2.24, 2.45) is 0 Å². The summed E-state index contributed by atoms with van der Waals surface area (Å²) >= 11 is 0. The van der Waals surface area contributed by atoms with Gasteiger partial charge in [-0.25, -0.2) is 4.39 Å². The zero-order valence-corrected chi connectivity index (χ0v) is 18.2. The number of aromatic hydroxyl groups is 1. The summed E-state index contributed by atoms with van der Waals surface area (Å²) in [7, 11) is 1.85. The Morgan fingerprint density at radius 2 is 1.72 bits per heavy atom. The minimum atomic E-state index is -0.778. The molecule has 166 valence electrons. The Morgan fingerprint density at radius 3 is 2.34 bits per heavy atom. The zero-order chi connectivity index (χ0) is 22.9. The number of halogens is 1. The molecule has 0 spiro atoms. The minimum Gasteiger partial charge on any atom is -0.505 e. The van der Waals surface area contributed by atoms with Gasteiger partial charge in [-0.15, -0.1) is 0 Å². The van der Waals surface area contributed by atoms with Gasteiger partial charge in [0.05, 0.1) is 5.57 Å². The van der Waals surface area contributed by atoms with Crippen molar-refractivity contribution in [1.82, 2.24) is 5.32 Å². The molecule has 0 saturated heterocycles. The highest BCUT2D eigenvalue weighted by Gasteiger charge is 2.20. The van der Waals surface area contributed by atoms with Gasteiger partial charge in [-0.2, -0.15) is 0 Å². The molecule has 5 nitrogen and oxygen atoms in total. The van der Waals surface area contributed by atoms with Crippen molar-refractivity contribution >= 4 is 22.7 Å². The third-order valence-electron chi connectivity index (χ3n) is 4.97. The van der Waals surface area contributed by atoms with Crippen molar-refractivity contribution in [3.8, 4) is 11.5 Å². The van der Waals surface area contributed by atoms with Crippen molar-refractivity contribution in [3.05, 3.63) is 89.7 Å². The molecule has 0 unspecified atom stereocenters. The molecule has 0 aliphatic carbocycles. The Kier molecular flexibility index (Phi) is 8.00. The molecule has 3 aromatic rings. The lowest BCUT2D eigenvalue weighted by molar-refractivity contribution is -0.111. The van der Waals surface area contributed by atoms with Gasteiger partial charge in [0.15, 0.2) is 11.6 Å². The van der Waals surface area contributed by atoms with E-state index in [2.05, 4.69) is 10.6 Å². The maximum Gasteiger partial charge on any atom is 0.256 e. The smallest absolute Gasteiger partial charge is 0.256 e. The number of carbonyl (C=O) groups is 1. The first-order chi connectivity index (χ1) is 15.5. The topological polar surface area (TPSA) is 70.6 Å². The van der Waals surface area contributed by atoms with Crippen LogP contribution in [0.3, 0.4) is 0 Å². The Balaban J connectivity index is 1.95. The van der Waals surface area contributed by atoms with Crippen LogP contribution in [-0.2, 0) is 4.79 Å². The van der Waals surface area contributed by atoms with E-state index in [1.165, 1.54) is 12.1 Å². The summed E-state index contributed by atoms with van der Waals surface area (Å²) in [5.74, 6) is -0.896. The first-order valence-electron chi connectivity index (χ1n) is 10.5. The minimum absolute atomic E-state index is 0.354. The number of hydrogen-bond acceptors (Lipinski definition) is 4. The average Bonchev–Trinajstić information content (AvgIpc) is 2.81. The first-order valence-corrected chi connectivity index (χ1v) is 10.5. The van der Waals surface area contributed by atoms with Gasteiger partial charge in [-0.05, 0) is 66.6 Å². The van der Waals surface area contributed by atoms with Crippen molar-refractivity contribution in [2.45, 2.75) is 13.3 Å². The molecule has 3 aromatic carbocycles. The highest BCUT2D eigenvalue weighted by molar-refractivity contribution is 6.31. The zero-order valence-electron chi connectivity index (χ0n) is 18.2. The number of amides is 1. The molecule has 1 amide bonds. The fourth-order valence-electron chi connectivity index (χ4n) is 3.37. The average molecular weight is 435 g/mol. The largest absolute Gasteiger partial charge is 0.505 e. The SMILES string of the molecule is CC/C(=C(\C(=O)Nc1ccc(OCCNC)cc1)c1ccc(O)c(F)c1)c1ccccc1. The van der Waals surface area contributed by atoms with Crippen molar-refractivity contribution in [1.29, 1.82) is 0 Å². The van der Waals surface area contributed by atoms with E-state index < -0.39 is 11.6 Å². The van der Waals surface area contributed by atoms with Gasteiger partial charge in [-0.1, -0.05) is 43.3 Å². The number of benzene rings is 3. The maximum atomic E-state index is 14.1. The van der Waals surface area contributed by atoms with Crippen molar-refractivity contribution in [3.63, 3.8) is 0 Å². The fourth-order valence-corrected chi connectivity index (χ4v) is 3.37. The summed E-state index contributed by atoms with van der Waals surface area (Å²) in [5, 5.41) is 15.5. The van der Waals surface area contributed by atoms with Gasteiger partial charge < -0.3 is 20.5 Å². The lowest BCUT2D eigenvalue weighted by Gasteiger charge is -2.16. The maximum absolute atomic E-state index is 14.1. The molecule has 3 rings (SSSR count). The van der Waals surface area contributed by atoms with E-state index in [4.69, 9.17) is 4.74 Å². The van der Waals surface area contributed by atoms with Gasteiger partial charge >= 0.3 is 0 Å². The van der Waals surface area contributed by atoms with E-state index in [1.54, 1.807) is 30.3 Å². The monoisotopic (exact) mass is 434 g/mol. The number of allylic oxidation sites excluding steroid dienone is 1. The molecule has 32 heavy (non-hydrogen) atoms. The second-order valence-corrected chi connectivity index (χ2v) is 7.17. The van der Waals surface area contributed by atoms with Crippen LogP contribution in [0.15, 0.2) is 72.8 Å². The molecule has 0 fully saturated rings. The van der Waals surface area contributed by atoms with E-state index in [0.717, 1.165) is 17.7 Å². The van der Waals surface area contributed by atoms with E-state index >= 15 is 0 Å². The molecule has 6 heteroatoms. The first kappa shape index (κ1) is 23.0. The van der Waals surface area contributed by atoms with Crippen LogP contribution in [0.2, 0.25) is 0 Å². The number of phenolic OH excluding ortho intramolecular Hbond substituents is 1. The summed E-state index contributed by atoms with van der Waals surface area (Å²) in [6.07, 6.45) is 0.563. The van der Waals surface area contributed by atoms with E-state index in [1.807, 2.05) is 44.3 Å². The van der Waals surface area contributed by atoms with Gasteiger partial charge in [0, 0.05) is 12.2 Å². The van der Waals surface area contributed by atoms with Gasteiger partial charge in [0.1, 0.15) is 12.4 Å². The highest BCUT2D eigenvalue weighted by Crippen LogP contribution is 2.32. The second-order valence-electron chi connectivity index (χ2n) is 7.17. The molecular formula is C26H27FN2O3. The van der Waals surface area contributed by atoms with Crippen molar-refractivity contribution < 1.29 is 19.0 Å². The summed E-state index contributed by atoms with van der Waals surface area (Å²) in [4.78, 5) is 13.4. The van der Waals surface area contributed by atoms with E-state index in [0.29, 0.717) is 35.6 Å². The number of anilines is 1. The number of hydrogen-bond donors (Lipinski definition) is 3. The molecule has 0 aromatic heterocycles. The van der Waals surface area contributed by atoms with Crippen LogP contribution in [0.25, 0.3) is 11.1 Å². The van der Waals surface area contributed by atoms with Gasteiger partial charge in [0.2, 0.25) is 0 Å². The summed E-state index contributed by atoms with van der Waals surface area (Å²) in [5.41, 5.74) is 3.00. The number of ether oxygens (including phenoxy) is 1. The molecule has 0 saturated carbocycles. The standard InChI is InChI=1S/C26H27FN2O3/c1-3-22(18-7-5-4-6-8-18)25(19-9-14-24(30)23(27)17-19)26(31)29-20-10-12-21(13-11-20)32-16-15-28-2/h4-14,17,28,30H,3,15-16H2,1-2H3,(H,29,31)/b25-22+. The molecule has 3 N–H and O–H groups in total. The molecule has 0 bridgehead atoms. The van der Waals surface area contributed by atoms with E-state index in [9.17, 15) is 14.3 Å². The number of likely N-dealkylation sites (N-methyl/N-ethyl adjacent to an activating group) is 1. The van der Waals surface area contributed by atoms with Gasteiger partial charge in [-0.3, -0.25) is 4.79 Å². The van der Waals surface area contributed by atoms with Crippen LogP contribution in [0.1, 0.15) is 24.5 Å². The number of nitrogens with one attached hydrogen (secondary N) is 2. The summed E-state index contributed by atoms with van der Waals surface area (Å²) < 4.78 is 19.8. The molecule has 0 aliphatic heterocycles. The second kappa shape index (κ2) is 11.1. The molecule has 0 radical (unpaired) electrons. The normalized spacial score (nSPS) is 11.6. The Hall–Kier alpha value is -3.64. The van der Waals surface area contributed by atoms with Crippen LogP contribution in [-0.4, -0.2) is 31.2 Å². The molecule has 0 aliphatic rings. The van der Waals surface area contributed by atoms with Gasteiger partial charge in [0.25, 0.3) is 5.91 Å². The lowest BCUT2D eigenvalue weighted by Crippen LogP contribution is -2.16. The predicted molar refractivity (Wildman–Crippen MR) is 126 cm³/mol. The third-order valence-corrected chi connectivity index (χ3v) is 4.97. The van der Waals surface area contributed by atoms with Crippen LogP contribution >= 0.6 is 0 Å². The molecule has 0 heterocycles. The van der Waals surface area contributed by atoms with Crippen molar-refractivity contribution in [2.75, 3.05) is 25.5 Å². The third kappa shape index (κ3) is 5.74. The van der Waals surface area contributed by atoms with Crippen LogP contribution < -0.4 is 15.4 Å².